The maximum Gasteiger partial charge on any atom is 0.160 e. The lowest BCUT2D eigenvalue weighted by molar-refractivity contribution is 0.205. The van der Waals surface area contributed by atoms with E-state index in [2.05, 4.69) is 24.1 Å². The third-order valence-corrected chi connectivity index (χ3v) is 4.10. The van der Waals surface area contributed by atoms with Crippen LogP contribution in [0.2, 0.25) is 0 Å². The summed E-state index contributed by atoms with van der Waals surface area (Å²) in [6.07, 6.45) is 9.73. The van der Waals surface area contributed by atoms with Crippen LogP contribution in [0, 0.1) is 0 Å². The molecular weight excluding hydrogens is 250 g/mol. The van der Waals surface area contributed by atoms with Crippen LogP contribution in [0.25, 0.3) is 0 Å². The van der Waals surface area contributed by atoms with Crippen molar-refractivity contribution in [3.63, 3.8) is 0 Å². The molecule has 0 aromatic carbocycles. The molecule has 4 heteroatoms. The van der Waals surface area contributed by atoms with Gasteiger partial charge >= 0.3 is 0 Å². The molecule has 2 fully saturated rings. The Balaban J connectivity index is 1.74. The van der Waals surface area contributed by atoms with E-state index in [1.54, 1.807) is 0 Å². The molecule has 0 radical (unpaired) electrons. The van der Waals surface area contributed by atoms with Crippen LogP contribution in [0.4, 0.5) is 0 Å². The van der Waals surface area contributed by atoms with E-state index in [-0.39, 0.29) is 0 Å². The highest BCUT2D eigenvalue weighted by atomic mass is 16.5. The van der Waals surface area contributed by atoms with E-state index in [0.29, 0.717) is 18.1 Å². The van der Waals surface area contributed by atoms with E-state index < -0.39 is 0 Å². The second kappa shape index (κ2) is 6.08. The smallest absolute Gasteiger partial charge is 0.160 e. The van der Waals surface area contributed by atoms with Gasteiger partial charge in [0.05, 0.1) is 18.0 Å². The first kappa shape index (κ1) is 13.8. The number of hydrogen-bond acceptors (Lipinski definition) is 4. The van der Waals surface area contributed by atoms with Gasteiger partial charge in [-0.3, -0.25) is 0 Å². The zero-order valence-electron chi connectivity index (χ0n) is 12.6. The SMILES string of the molecule is CC(C)c1ncc(OC2CCCC2)c(CNC2CC2)n1. The summed E-state index contributed by atoms with van der Waals surface area (Å²) in [5, 5.41) is 3.53. The van der Waals surface area contributed by atoms with Crippen molar-refractivity contribution in [1.29, 1.82) is 0 Å². The largest absolute Gasteiger partial charge is 0.487 e. The fraction of sp³-hybridized carbons (Fsp3) is 0.750. The minimum absolute atomic E-state index is 0.357. The molecule has 1 N–H and O–H groups in total. The van der Waals surface area contributed by atoms with E-state index >= 15 is 0 Å². The average Bonchev–Trinajstić information content (AvgIpc) is 3.13. The Morgan fingerprint density at radius 1 is 1.25 bits per heavy atom. The van der Waals surface area contributed by atoms with Crippen molar-refractivity contribution in [2.24, 2.45) is 0 Å². The highest BCUT2D eigenvalue weighted by molar-refractivity contribution is 5.26. The first-order valence-corrected chi connectivity index (χ1v) is 7.98. The van der Waals surface area contributed by atoms with Crippen LogP contribution in [0.15, 0.2) is 6.20 Å². The lowest BCUT2D eigenvalue weighted by Crippen LogP contribution is -2.20. The van der Waals surface area contributed by atoms with Crippen molar-refractivity contribution in [2.75, 3.05) is 0 Å². The van der Waals surface area contributed by atoms with Crippen LogP contribution < -0.4 is 10.1 Å². The van der Waals surface area contributed by atoms with Gasteiger partial charge in [0, 0.05) is 18.5 Å². The van der Waals surface area contributed by atoms with Crippen LogP contribution >= 0.6 is 0 Å². The van der Waals surface area contributed by atoms with Crippen molar-refractivity contribution >= 4 is 0 Å². The first-order valence-electron chi connectivity index (χ1n) is 7.98. The number of rotatable bonds is 6. The van der Waals surface area contributed by atoms with Crippen molar-refractivity contribution in [1.82, 2.24) is 15.3 Å². The molecule has 110 valence electrons. The van der Waals surface area contributed by atoms with E-state index in [1.807, 2.05) is 6.20 Å². The highest BCUT2D eigenvalue weighted by Crippen LogP contribution is 2.27. The molecule has 20 heavy (non-hydrogen) atoms. The fourth-order valence-corrected chi connectivity index (χ4v) is 2.64. The number of hydrogen-bond donors (Lipinski definition) is 1. The zero-order valence-corrected chi connectivity index (χ0v) is 12.6. The topological polar surface area (TPSA) is 47.0 Å². The van der Waals surface area contributed by atoms with Gasteiger partial charge in [-0.05, 0) is 38.5 Å². The summed E-state index contributed by atoms with van der Waals surface area (Å²) in [4.78, 5) is 9.18. The summed E-state index contributed by atoms with van der Waals surface area (Å²) >= 11 is 0. The highest BCUT2D eigenvalue weighted by Gasteiger charge is 2.23. The molecule has 0 spiro atoms. The monoisotopic (exact) mass is 275 g/mol. The Kier molecular flexibility index (Phi) is 4.20. The average molecular weight is 275 g/mol. The molecule has 2 aliphatic rings. The van der Waals surface area contributed by atoms with Crippen molar-refractivity contribution in [2.45, 2.75) is 77.0 Å². The molecule has 1 aromatic heterocycles. The Hall–Kier alpha value is -1.16. The molecule has 0 aliphatic heterocycles. The van der Waals surface area contributed by atoms with Crippen LogP contribution in [0.5, 0.6) is 5.75 Å². The summed E-state index contributed by atoms with van der Waals surface area (Å²) in [5.74, 6) is 2.15. The normalized spacial score (nSPS) is 19.8. The lowest BCUT2D eigenvalue weighted by Gasteiger charge is -2.17. The Morgan fingerprint density at radius 2 is 2.00 bits per heavy atom. The minimum Gasteiger partial charge on any atom is -0.487 e. The summed E-state index contributed by atoms with van der Waals surface area (Å²) in [6.45, 7) is 5.06. The van der Waals surface area contributed by atoms with Gasteiger partial charge < -0.3 is 10.1 Å². The quantitative estimate of drug-likeness (QED) is 0.866. The summed E-state index contributed by atoms with van der Waals surface area (Å²) < 4.78 is 6.13. The maximum absolute atomic E-state index is 6.13. The van der Waals surface area contributed by atoms with Gasteiger partial charge in [0.25, 0.3) is 0 Å². The van der Waals surface area contributed by atoms with Gasteiger partial charge in [-0.2, -0.15) is 0 Å². The molecule has 4 nitrogen and oxygen atoms in total. The fourth-order valence-electron chi connectivity index (χ4n) is 2.64. The number of ether oxygens (including phenoxy) is 1. The molecule has 0 unspecified atom stereocenters. The Labute approximate surface area is 121 Å². The number of aromatic nitrogens is 2. The minimum atomic E-state index is 0.357. The van der Waals surface area contributed by atoms with E-state index in [0.717, 1.165) is 23.8 Å². The van der Waals surface area contributed by atoms with Gasteiger partial charge in [-0.1, -0.05) is 13.8 Å². The maximum atomic E-state index is 6.13. The number of nitrogens with one attached hydrogen (secondary N) is 1. The second-order valence-corrected chi connectivity index (χ2v) is 6.37. The van der Waals surface area contributed by atoms with Crippen LogP contribution in [0.1, 0.15) is 69.8 Å². The molecule has 0 bridgehead atoms. The molecule has 0 atom stereocenters. The summed E-state index contributed by atoms with van der Waals surface area (Å²) in [7, 11) is 0. The van der Waals surface area contributed by atoms with Gasteiger partial charge in [-0.25, -0.2) is 9.97 Å². The van der Waals surface area contributed by atoms with Gasteiger partial charge in [-0.15, -0.1) is 0 Å². The standard InChI is InChI=1S/C16H25N3O/c1-11(2)16-18-10-15(20-13-5-3-4-6-13)14(19-16)9-17-12-7-8-12/h10-13,17H,3-9H2,1-2H3. The molecule has 2 saturated carbocycles. The van der Waals surface area contributed by atoms with Crippen molar-refractivity contribution < 1.29 is 4.74 Å². The zero-order chi connectivity index (χ0) is 13.9. The number of nitrogens with zero attached hydrogens (tertiary/aromatic N) is 2. The molecule has 1 heterocycles. The molecule has 3 rings (SSSR count). The molecular formula is C16H25N3O. The third kappa shape index (κ3) is 3.48. The predicted octanol–water partition coefficient (Wildman–Crippen LogP) is 3.17. The van der Waals surface area contributed by atoms with Crippen LogP contribution in [0.3, 0.4) is 0 Å². The lowest BCUT2D eigenvalue weighted by atomic mass is 10.2. The first-order chi connectivity index (χ1) is 9.72. The second-order valence-electron chi connectivity index (χ2n) is 6.37. The van der Waals surface area contributed by atoms with E-state index in [4.69, 9.17) is 9.72 Å². The van der Waals surface area contributed by atoms with Crippen LogP contribution in [-0.2, 0) is 6.54 Å². The van der Waals surface area contributed by atoms with E-state index in [1.165, 1.54) is 38.5 Å². The van der Waals surface area contributed by atoms with Gasteiger partial charge in [0.15, 0.2) is 5.75 Å². The Morgan fingerprint density at radius 3 is 2.65 bits per heavy atom. The molecule has 0 saturated heterocycles. The van der Waals surface area contributed by atoms with Crippen molar-refractivity contribution in [3.8, 4) is 5.75 Å². The van der Waals surface area contributed by atoms with Gasteiger partial charge in [0.1, 0.15) is 5.82 Å². The summed E-state index contributed by atoms with van der Waals surface area (Å²) in [6, 6.07) is 0.687. The Bertz CT molecular complexity index is 451. The van der Waals surface area contributed by atoms with E-state index in [9.17, 15) is 0 Å². The predicted molar refractivity (Wildman–Crippen MR) is 78.9 cm³/mol. The van der Waals surface area contributed by atoms with Gasteiger partial charge in [0.2, 0.25) is 0 Å². The summed E-state index contributed by atoms with van der Waals surface area (Å²) in [5.41, 5.74) is 1.03. The van der Waals surface area contributed by atoms with Crippen molar-refractivity contribution in [3.05, 3.63) is 17.7 Å². The molecule has 0 amide bonds. The van der Waals surface area contributed by atoms with Crippen LogP contribution in [-0.4, -0.2) is 22.1 Å². The molecule has 2 aliphatic carbocycles. The molecule has 1 aromatic rings. The third-order valence-electron chi connectivity index (χ3n) is 4.10.